The average Bonchev–Trinajstić information content (AvgIpc) is 2.63. The molecule has 0 amide bonds. The number of hydrogen-bond acceptors (Lipinski definition) is 3. The van der Waals surface area contributed by atoms with Crippen molar-refractivity contribution in [3.8, 4) is 5.75 Å². The molecule has 2 unspecified atom stereocenters. The van der Waals surface area contributed by atoms with Gasteiger partial charge in [-0.3, -0.25) is 4.90 Å². The van der Waals surface area contributed by atoms with Crippen molar-refractivity contribution < 1.29 is 9.84 Å². The molecule has 2 fully saturated rings. The molecule has 2 aliphatic heterocycles. The summed E-state index contributed by atoms with van der Waals surface area (Å²) in [5, 5.41) is 11.8. The van der Waals surface area contributed by atoms with Crippen LogP contribution in [-0.4, -0.2) is 29.2 Å². The SMILES string of the molecule is COc1cc(C)c(C2(O)CC3CCCC(C2)N3Cc2ccccc2)c(C)c1. The quantitative estimate of drug-likeness (QED) is 0.851. The number of benzene rings is 2. The van der Waals surface area contributed by atoms with E-state index in [0.29, 0.717) is 12.1 Å². The summed E-state index contributed by atoms with van der Waals surface area (Å²) in [6.45, 7) is 5.21. The summed E-state index contributed by atoms with van der Waals surface area (Å²) in [6.07, 6.45) is 5.28. The lowest BCUT2D eigenvalue weighted by atomic mass is 9.70. The third-order valence-electron chi connectivity index (χ3n) is 6.57. The summed E-state index contributed by atoms with van der Waals surface area (Å²) < 4.78 is 5.42. The fourth-order valence-electron chi connectivity index (χ4n) is 5.55. The van der Waals surface area contributed by atoms with Gasteiger partial charge in [0.05, 0.1) is 12.7 Å². The lowest BCUT2D eigenvalue weighted by Crippen LogP contribution is -2.56. The third kappa shape index (κ3) is 3.51. The maximum absolute atomic E-state index is 11.8. The van der Waals surface area contributed by atoms with Crippen LogP contribution in [0.15, 0.2) is 42.5 Å². The van der Waals surface area contributed by atoms with Crippen LogP contribution in [0.3, 0.4) is 0 Å². The molecule has 2 aromatic carbocycles. The number of piperidine rings is 2. The Morgan fingerprint density at radius 2 is 1.63 bits per heavy atom. The van der Waals surface area contributed by atoms with E-state index in [1.165, 1.54) is 24.8 Å². The van der Waals surface area contributed by atoms with Crippen molar-refractivity contribution in [2.45, 2.75) is 70.2 Å². The number of nitrogens with zero attached hydrogens (tertiary/aromatic N) is 1. The maximum atomic E-state index is 11.8. The van der Waals surface area contributed by atoms with Crippen LogP contribution in [0.5, 0.6) is 5.75 Å². The highest BCUT2D eigenvalue weighted by Crippen LogP contribution is 2.47. The molecule has 0 spiro atoms. The molecule has 2 atom stereocenters. The monoisotopic (exact) mass is 365 g/mol. The van der Waals surface area contributed by atoms with Crippen LogP contribution in [0.4, 0.5) is 0 Å². The van der Waals surface area contributed by atoms with E-state index < -0.39 is 5.60 Å². The Bertz CT molecular complexity index is 764. The van der Waals surface area contributed by atoms with Gasteiger partial charge in [0.25, 0.3) is 0 Å². The summed E-state index contributed by atoms with van der Waals surface area (Å²) in [7, 11) is 1.70. The lowest BCUT2D eigenvalue weighted by Gasteiger charge is -2.53. The fourth-order valence-corrected chi connectivity index (χ4v) is 5.55. The molecule has 27 heavy (non-hydrogen) atoms. The second kappa shape index (κ2) is 7.29. The molecule has 2 heterocycles. The zero-order chi connectivity index (χ0) is 19.0. The summed E-state index contributed by atoms with van der Waals surface area (Å²) >= 11 is 0. The maximum Gasteiger partial charge on any atom is 0.119 e. The topological polar surface area (TPSA) is 32.7 Å². The van der Waals surface area contributed by atoms with Gasteiger partial charge in [-0.1, -0.05) is 36.8 Å². The standard InChI is InChI=1S/C24H31NO2/c1-17-12-22(27-3)13-18(2)23(17)24(26)14-20-10-7-11-21(15-24)25(20)16-19-8-5-4-6-9-19/h4-6,8-9,12-13,20-21,26H,7,10-11,14-16H2,1-3H3. The molecule has 0 aromatic heterocycles. The van der Waals surface area contributed by atoms with Gasteiger partial charge < -0.3 is 9.84 Å². The van der Waals surface area contributed by atoms with E-state index in [1.54, 1.807) is 7.11 Å². The van der Waals surface area contributed by atoms with Gasteiger partial charge in [0.15, 0.2) is 0 Å². The molecular weight excluding hydrogens is 334 g/mol. The number of fused-ring (bicyclic) bond motifs is 2. The van der Waals surface area contributed by atoms with Crippen LogP contribution in [-0.2, 0) is 12.1 Å². The van der Waals surface area contributed by atoms with Crippen molar-refractivity contribution in [2.24, 2.45) is 0 Å². The molecule has 4 rings (SSSR count). The van der Waals surface area contributed by atoms with E-state index in [2.05, 4.69) is 61.2 Å². The molecule has 0 aliphatic carbocycles. The summed E-state index contributed by atoms with van der Waals surface area (Å²) in [5.74, 6) is 0.874. The highest BCUT2D eigenvalue weighted by atomic mass is 16.5. The molecule has 2 aromatic rings. The molecule has 2 saturated heterocycles. The molecule has 3 heteroatoms. The first kappa shape index (κ1) is 18.5. The average molecular weight is 366 g/mol. The summed E-state index contributed by atoms with van der Waals surface area (Å²) in [6, 6.07) is 15.8. The molecule has 1 N–H and O–H groups in total. The Labute approximate surface area is 163 Å². The van der Waals surface area contributed by atoms with Crippen molar-refractivity contribution in [1.82, 2.24) is 4.90 Å². The summed E-state index contributed by atoms with van der Waals surface area (Å²) in [4.78, 5) is 2.65. The van der Waals surface area contributed by atoms with Crippen LogP contribution >= 0.6 is 0 Å². The predicted octanol–water partition coefficient (Wildman–Crippen LogP) is 4.72. The van der Waals surface area contributed by atoms with Crippen molar-refractivity contribution in [1.29, 1.82) is 0 Å². The number of aliphatic hydroxyl groups is 1. The normalized spacial score (nSPS) is 28.1. The van der Waals surface area contributed by atoms with Crippen molar-refractivity contribution >= 4 is 0 Å². The number of ether oxygens (including phenoxy) is 1. The largest absolute Gasteiger partial charge is 0.497 e. The van der Waals surface area contributed by atoms with Gasteiger partial charge in [0.1, 0.15) is 5.75 Å². The zero-order valence-electron chi connectivity index (χ0n) is 16.7. The molecule has 3 nitrogen and oxygen atoms in total. The first-order valence-electron chi connectivity index (χ1n) is 10.2. The van der Waals surface area contributed by atoms with Gasteiger partial charge in [-0.25, -0.2) is 0 Å². The fraction of sp³-hybridized carbons (Fsp3) is 0.500. The van der Waals surface area contributed by atoms with E-state index in [-0.39, 0.29) is 0 Å². The molecular formula is C24H31NO2. The molecule has 144 valence electrons. The van der Waals surface area contributed by atoms with E-state index in [0.717, 1.165) is 41.8 Å². The first-order chi connectivity index (χ1) is 13.0. The second-order valence-corrected chi connectivity index (χ2v) is 8.47. The lowest BCUT2D eigenvalue weighted by molar-refractivity contribution is -0.100. The van der Waals surface area contributed by atoms with Gasteiger partial charge in [-0.2, -0.15) is 0 Å². The van der Waals surface area contributed by atoms with E-state index >= 15 is 0 Å². The minimum atomic E-state index is -0.733. The van der Waals surface area contributed by atoms with Crippen LogP contribution < -0.4 is 4.74 Å². The third-order valence-corrected chi connectivity index (χ3v) is 6.57. The van der Waals surface area contributed by atoms with Crippen molar-refractivity contribution in [2.75, 3.05) is 7.11 Å². The van der Waals surface area contributed by atoms with Gasteiger partial charge >= 0.3 is 0 Å². The van der Waals surface area contributed by atoms with E-state index in [9.17, 15) is 5.11 Å². The number of hydrogen-bond donors (Lipinski definition) is 1. The Kier molecular flexibility index (Phi) is 5.00. The zero-order valence-corrected chi connectivity index (χ0v) is 16.7. The smallest absolute Gasteiger partial charge is 0.119 e. The molecule has 0 saturated carbocycles. The Morgan fingerprint density at radius 3 is 2.19 bits per heavy atom. The molecule has 0 radical (unpaired) electrons. The minimum Gasteiger partial charge on any atom is -0.497 e. The Hall–Kier alpha value is -1.84. The van der Waals surface area contributed by atoms with E-state index in [4.69, 9.17) is 4.74 Å². The minimum absolute atomic E-state index is 0.448. The Balaban J connectivity index is 1.63. The molecule has 2 bridgehead atoms. The van der Waals surface area contributed by atoms with Crippen molar-refractivity contribution in [3.63, 3.8) is 0 Å². The van der Waals surface area contributed by atoms with Gasteiger partial charge in [-0.05, 0) is 73.9 Å². The van der Waals surface area contributed by atoms with Gasteiger partial charge in [0, 0.05) is 18.6 Å². The Morgan fingerprint density at radius 1 is 1.04 bits per heavy atom. The number of rotatable bonds is 4. The number of aryl methyl sites for hydroxylation is 2. The van der Waals surface area contributed by atoms with Gasteiger partial charge in [-0.15, -0.1) is 0 Å². The van der Waals surface area contributed by atoms with E-state index in [1.807, 2.05) is 0 Å². The van der Waals surface area contributed by atoms with Crippen LogP contribution in [0.1, 0.15) is 54.4 Å². The highest BCUT2D eigenvalue weighted by Gasteiger charge is 2.47. The van der Waals surface area contributed by atoms with Crippen LogP contribution in [0, 0.1) is 13.8 Å². The predicted molar refractivity (Wildman–Crippen MR) is 109 cm³/mol. The highest BCUT2D eigenvalue weighted by molar-refractivity contribution is 5.45. The van der Waals surface area contributed by atoms with Crippen LogP contribution in [0.2, 0.25) is 0 Å². The van der Waals surface area contributed by atoms with Crippen molar-refractivity contribution in [3.05, 3.63) is 64.7 Å². The van der Waals surface area contributed by atoms with Crippen LogP contribution in [0.25, 0.3) is 0 Å². The first-order valence-corrected chi connectivity index (χ1v) is 10.2. The summed E-state index contributed by atoms with van der Waals surface area (Å²) in [5.41, 5.74) is 4.05. The van der Waals surface area contributed by atoms with Gasteiger partial charge in [0.2, 0.25) is 0 Å². The molecule has 2 aliphatic rings. The second-order valence-electron chi connectivity index (χ2n) is 8.47. The number of methoxy groups -OCH3 is 1.